The van der Waals surface area contributed by atoms with E-state index in [4.69, 9.17) is 5.73 Å². The molecule has 5 nitrogen and oxygen atoms in total. The van der Waals surface area contributed by atoms with Crippen molar-refractivity contribution in [2.24, 2.45) is 11.7 Å². The first-order valence-corrected chi connectivity index (χ1v) is 9.50. The second-order valence-corrected chi connectivity index (χ2v) is 7.28. The van der Waals surface area contributed by atoms with Crippen LogP contribution in [0, 0.1) is 5.92 Å². The molecule has 2 aliphatic rings. The second kappa shape index (κ2) is 8.00. The van der Waals surface area contributed by atoms with Crippen LogP contribution in [-0.2, 0) is 11.2 Å². The first-order valence-electron chi connectivity index (χ1n) is 9.50. The molecule has 0 radical (unpaired) electrons. The Labute approximate surface area is 150 Å². The summed E-state index contributed by atoms with van der Waals surface area (Å²) in [5.41, 5.74) is 8.04. The number of aryl methyl sites for hydroxylation is 1. The van der Waals surface area contributed by atoms with Crippen molar-refractivity contribution in [3.8, 4) is 0 Å². The van der Waals surface area contributed by atoms with E-state index in [1.165, 1.54) is 5.56 Å². The van der Waals surface area contributed by atoms with Gasteiger partial charge in [-0.2, -0.15) is 0 Å². The third kappa shape index (κ3) is 4.21. The highest BCUT2D eigenvalue weighted by atomic mass is 16.2. The number of carbonyl (C=O) groups is 2. The highest BCUT2D eigenvalue weighted by molar-refractivity contribution is 5.94. The second-order valence-electron chi connectivity index (χ2n) is 7.28. The van der Waals surface area contributed by atoms with Gasteiger partial charge in [0.25, 0.3) is 5.91 Å². The summed E-state index contributed by atoms with van der Waals surface area (Å²) >= 11 is 0. The maximum Gasteiger partial charge on any atom is 0.253 e. The smallest absolute Gasteiger partial charge is 0.253 e. The third-order valence-corrected chi connectivity index (χ3v) is 5.68. The lowest BCUT2D eigenvalue weighted by Gasteiger charge is -2.35. The van der Waals surface area contributed by atoms with Crippen molar-refractivity contribution in [3.63, 3.8) is 0 Å². The maximum atomic E-state index is 12.6. The van der Waals surface area contributed by atoms with Crippen LogP contribution >= 0.6 is 0 Å². The Morgan fingerprint density at radius 2 is 1.68 bits per heavy atom. The standard InChI is InChI=1S/C20H29N3O2/c1-2-15-6-8-16(9-7-15)20(25)23-12-10-22(11-13-23)19(24)14-17-4-3-5-18(17)21/h6-9,17-18H,2-5,10-14,21H2,1H3/t17-,18+/m0/s1. The van der Waals surface area contributed by atoms with Gasteiger partial charge < -0.3 is 15.5 Å². The van der Waals surface area contributed by atoms with Gasteiger partial charge in [0.2, 0.25) is 5.91 Å². The molecule has 1 aliphatic heterocycles. The van der Waals surface area contributed by atoms with Gasteiger partial charge in [0.15, 0.2) is 0 Å². The Morgan fingerprint density at radius 1 is 1.04 bits per heavy atom. The molecule has 5 heteroatoms. The molecular weight excluding hydrogens is 314 g/mol. The van der Waals surface area contributed by atoms with Gasteiger partial charge in [-0.1, -0.05) is 25.5 Å². The lowest BCUT2D eigenvalue weighted by atomic mass is 9.99. The minimum absolute atomic E-state index is 0.0626. The largest absolute Gasteiger partial charge is 0.339 e. The van der Waals surface area contributed by atoms with Gasteiger partial charge in [-0.25, -0.2) is 0 Å². The van der Waals surface area contributed by atoms with Crippen LogP contribution < -0.4 is 5.73 Å². The Balaban J connectivity index is 1.50. The van der Waals surface area contributed by atoms with Crippen LogP contribution in [0.4, 0.5) is 0 Å². The van der Waals surface area contributed by atoms with Gasteiger partial charge in [0, 0.05) is 44.2 Å². The Bertz CT molecular complexity index is 606. The summed E-state index contributed by atoms with van der Waals surface area (Å²) in [4.78, 5) is 28.8. The van der Waals surface area contributed by atoms with E-state index in [9.17, 15) is 9.59 Å². The van der Waals surface area contributed by atoms with Crippen molar-refractivity contribution >= 4 is 11.8 Å². The highest BCUT2D eigenvalue weighted by Gasteiger charge is 2.30. The summed E-state index contributed by atoms with van der Waals surface area (Å²) in [7, 11) is 0. The molecule has 136 valence electrons. The van der Waals surface area contributed by atoms with E-state index >= 15 is 0 Å². The summed E-state index contributed by atoms with van der Waals surface area (Å²) in [6, 6.07) is 8.01. The van der Waals surface area contributed by atoms with Crippen LogP contribution in [-0.4, -0.2) is 53.8 Å². The summed E-state index contributed by atoms with van der Waals surface area (Å²) in [5.74, 6) is 0.596. The van der Waals surface area contributed by atoms with Crippen LogP contribution in [0.3, 0.4) is 0 Å². The van der Waals surface area contributed by atoms with E-state index in [1.807, 2.05) is 34.1 Å². The molecule has 0 spiro atoms. The molecule has 0 unspecified atom stereocenters. The lowest BCUT2D eigenvalue weighted by molar-refractivity contribution is -0.133. The van der Waals surface area contributed by atoms with Crippen LogP contribution in [0.25, 0.3) is 0 Å². The molecule has 1 saturated heterocycles. The average Bonchev–Trinajstić information content (AvgIpc) is 3.06. The van der Waals surface area contributed by atoms with Crippen LogP contribution in [0.15, 0.2) is 24.3 Å². The molecule has 1 aliphatic carbocycles. The number of nitrogens with two attached hydrogens (primary N) is 1. The number of hydrogen-bond acceptors (Lipinski definition) is 3. The predicted molar refractivity (Wildman–Crippen MR) is 98.2 cm³/mol. The van der Waals surface area contributed by atoms with E-state index in [1.54, 1.807) is 0 Å². The predicted octanol–water partition coefficient (Wildman–Crippen LogP) is 2.05. The number of benzene rings is 1. The summed E-state index contributed by atoms with van der Waals surface area (Å²) in [6.45, 7) is 4.57. The number of hydrogen-bond donors (Lipinski definition) is 1. The molecule has 2 atom stereocenters. The van der Waals surface area contributed by atoms with E-state index in [-0.39, 0.29) is 17.9 Å². The first kappa shape index (κ1) is 17.9. The van der Waals surface area contributed by atoms with Gasteiger partial charge in [-0.05, 0) is 42.9 Å². The van der Waals surface area contributed by atoms with Gasteiger partial charge in [0.05, 0.1) is 0 Å². The molecule has 0 bridgehead atoms. The normalized spacial score (nSPS) is 23.8. The molecule has 1 heterocycles. The summed E-state index contributed by atoms with van der Waals surface area (Å²) in [5, 5.41) is 0. The third-order valence-electron chi connectivity index (χ3n) is 5.68. The van der Waals surface area contributed by atoms with Crippen molar-refractivity contribution < 1.29 is 9.59 Å². The SMILES string of the molecule is CCc1ccc(C(=O)N2CCN(C(=O)C[C@@H]3CCC[C@H]3N)CC2)cc1. The van der Waals surface area contributed by atoms with Crippen molar-refractivity contribution in [2.45, 2.75) is 45.1 Å². The Morgan fingerprint density at radius 3 is 2.24 bits per heavy atom. The fourth-order valence-corrected chi connectivity index (χ4v) is 3.90. The number of carbonyl (C=O) groups excluding carboxylic acids is 2. The zero-order valence-electron chi connectivity index (χ0n) is 15.1. The zero-order valence-corrected chi connectivity index (χ0v) is 15.1. The zero-order chi connectivity index (χ0) is 17.8. The van der Waals surface area contributed by atoms with Gasteiger partial charge >= 0.3 is 0 Å². The summed E-state index contributed by atoms with van der Waals surface area (Å²) < 4.78 is 0. The maximum absolute atomic E-state index is 12.6. The Kier molecular flexibility index (Phi) is 5.74. The molecular formula is C20H29N3O2. The van der Waals surface area contributed by atoms with E-state index < -0.39 is 0 Å². The van der Waals surface area contributed by atoms with Gasteiger partial charge in [-0.15, -0.1) is 0 Å². The molecule has 0 aromatic heterocycles. The highest BCUT2D eigenvalue weighted by Crippen LogP contribution is 2.27. The molecule has 2 fully saturated rings. The van der Waals surface area contributed by atoms with Crippen LogP contribution in [0.1, 0.15) is 48.5 Å². The van der Waals surface area contributed by atoms with Crippen molar-refractivity contribution in [1.82, 2.24) is 9.80 Å². The van der Waals surface area contributed by atoms with Crippen molar-refractivity contribution in [2.75, 3.05) is 26.2 Å². The number of piperazine rings is 1. The van der Waals surface area contributed by atoms with E-state index in [0.29, 0.717) is 38.5 Å². The number of rotatable bonds is 4. The molecule has 3 rings (SSSR count). The molecule has 1 aromatic carbocycles. The lowest BCUT2D eigenvalue weighted by Crippen LogP contribution is -2.51. The number of amides is 2. The van der Waals surface area contributed by atoms with Crippen LogP contribution in [0.5, 0.6) is 0 Å². The summed E-state index contributed by atoms with van der Waals surface area (Å²) in [6.07, 6.45) is 4.78. The molecule has 2 N–H and O–H groups in total. The topological polar surface area (TPSA) is 66.6 Å². The molecule has 2 amide bonds. The van der Waals surface area contributed by atoms with Crippen molar-refractivity contribution in [1.29, 1.82) is 0 Å². The van der Waals surface area contributed by atoms with Crippen molar-refractivity contribution in [3.05, 3.63) is 35.4 Å². The van der Waals surface area contributed by atoms with Crippen LogP contribution in [0.2, 0.25) is 0 Å². The fraction of sp³-hybridized carbons (Fsp3) is 0.600. The Hall–Kier alpha value is -1.88. The first-order chi connectivity index (χ1) is 12.1. The number of nitrogens with zero attached hydrogens (tertiary/aromatic N) is 2. The van der Waals surface area contributed by atoms with Gasteiger partial charge in [-0.3, -0.25) is 9.59 Å². The monoisotopic (exact) mass is 343 g/mol. The fourth-order valence-electron chi connectivity index (χ4n) is 3.90. The van der Waals surface area contributed by atoms with E-state index in [0.717, 1.165) is 31.2 Å². The molecule has 25 heavy (non-hydrogen) atoms. The quantitative estimate of drug-likeness (QED) is 0.910. The minimum Gasteiger partial charge on any atom is -0.339 e. The van der Waals surface area contributed by atoms with Gasteiger partial charge in [0.1, 0.15) is 0 Å². The molecule has 1 saturated carbocycles. The minimum atomic E-state index is 0.0626. The molecule has 1 aromatic rings. The average molecular weight is 343 g/mol. The van der Waals surface area contributed by atoms with E-state index in [2.05, 4.69) is 6.92 Å².